The summed E-state index contributed by atoms with van der Waals surface area (Å²) in [6.45, 7) is 3.29. The van der Waals surface area contributed by atoms with E-state index in [0.29, 0.717) is 13.2 Å². The molecule has 0 aliphatic heterocycles. The van der Waals surface area contributed by atoms with Crippen LogP contribution >= 0.6 is 15.9 Å². The van der Waals surface area contributed by atoms with Crippen LogP contribution in [-0.4, -0.2) is 13.2 Å². The van der Waals surface area contributed by atoms with E-state index in [2.05, 4.69) is 22.9 Å². The van der Waals surface area contributed by atoms with Crippen molar-refractivity contribution in [2.75, 3.05) is 18.9 Å². The Labute approximate surface area is 127 Å². The Balaban J connectivity index is 1.70. The Kier molecular flexibility index (Phi) is 5.30. The molecule has 0 atom stereocenters. The van der Waals surface area contributed by atoms with Crippen LogP contribution in [0.1, 0.15) is 12.0 Å². The molecule has 106 valence electrons. The third-order valence-electron chi connectivity index (χ3n) is 2.78. The first kappa shape index (κ1) is 14.7. The number of aryl methyl sites for hydroxylation is 1. The molecule has 0 aliphatic carbocycles. The van der Waals surface area contributed by atoms with Crippen LogP contribution in [0, 0.1) is 6.92 Å². The second kappa shape index (κ2) is 7.20. The standard InChI is InChI=1S/C16H18BrNO2/c1-12-3-8-16(15(17)11-12)20-10-2-9-19-14-6-4-13(18)5-7-14/h3-8,11H,2,9-10,18H2,1H3. The Morgan fingerprint density at radius 1 is 1.00 bits per heavy atom. The first-order valence-corrected chi connectivity index (χ1v) is 7.32. The largest absolute Gasteiger partial charge is 0.493 e. The molecule has 2 aromatic rings. The fraction of sp³-hybridized carbons (Fsp3) is 0.250. The van der Waals surface area contributed by atoms with Gasteiger partial charge in [-0.2, -0.15) is 0 Å². The number of benzene rings is 2. The van der Waals surface area contributed by atoms with Gasteiger partial charge in [0.15, 0.2) is 0 Å². The summed E-state index contributed by atoms with van der Waals surface area (Å²) >= 11 is 3.49. The predicted molar refractivity (Wildman–Crippen MR) is 85.3 cm³/mol. The molecule has 0 aliphatic rings. The molecule has 0 saturated carbocycles. The zero-order chi connectivity index (χ0) is 14.4. The zero-order valence-corrected chi connectivity index (χ0v) is 13.0. The van der Waals surface area contributed by atoms with Crippen LogP contribution in [0.25, 0.3) is 0 Å². The van der Waals surface area contributed by atoms with E-state index < -0.39 is 0 Å². The second-order valence-corrected chi connectivity index (χ2v) is 5.41. The zero-order valence-electron chi connectivity index (χ0n) is 11.4. The number of ether oxygens (including phenoxy) is 2. The molecule has 0 fully saturated rings. The quantitative estimate of drug-likeness (QED) is 0.635. The molecule has 2 aromatic carbocycles. The maximum absolute atomic E-state index is 5.70. The van der Waals surface area contributed by atoms with Gasteiger partial charge >= 0.3 is 0 Å². The Bertz CT molecular complexity index is 555. The molecule has 0 aromatic heterocycles. The van der Waals surface area contributed by atoms with E-state index in [1.165, 1.54) is 5.56 Å². The number of nitrogen functional groups attached to an aromatic ring is 1. The minimum atomic E-state index is 0.618. The molecule has 2 N–H and O–H groups in total. The highest BCUT2D eigenvalue weighted by Gasteiger charge is 2.01. The first-order chi connectivity index (χ1) is 9.65. The number of nitrogens with two attached hydrogens (primary N) is 1. The van der Waals surface area contributed by atoms with Gasteiger partial charge in [0.05, 0.1) is 17.7 Å². The highest BCUT2D eigenvalue weighted by molar-refractivity contribution is 9.10. The van der Waals surface area contributed by atoms with Gasteiger partial charge in [0.25, 0.3) is 0 Å². The van der Waals surface area contributed by atoms with Gasteiger partial charge in [-0.05, 0) is 64.8 Å². The maximum atomic E-state index is 5.70. The number of halogens is 1. The topological polar surface area (TPSA) is 44.5 Å². The van der Waals surface area contributed by atoms with Gasteiger partial charge in [-0.1, -0.05) is 6.07 Å². The fourth-order valence-corrected chi connectivity index (χ4v) is 2.33. The van der Waals surface area contributed by atoms with Gasteiger partial charge in [0.2, 0.25) is 0 Å². The molecule has 0 bridgehead atoms. The van der Waals surface area contributed by atoms with Crippen molar-refractivity contribution in [1.82, 2.24) is 0 Å². The molecule has 0 amide bonds. The van der Waals surface area contributed by atoms with Crippen LogP contribution < -0.4 is 15.2 Å². The van der Waals surface area contributed by atoms with Crippen molar-refractivity contribution in [3.05, 3.63) is 52.5 Å². The van der Waals surface area contributed by atoms with E-state index in [-0.39, 0.29) is 0 Å². The summed E-state index contributed by atoms with van der Waals surface area (Å²) in [5, 5.41) is 0. The van der Waals surface area contributed by atoms with Crippen LogP contribution in [0.4, 0.5) is 5.69 Å². The highest BCUT2D eigenvalue weighted by Crippen LogP contribution is 2.25. The van der Waals surface area contributed by atoms with Crippen LogP contribution in [0.2, 0.25) is 0 Å². The summed E-state index contributed by atoms with van der Waals surface area (Å²) in [6, 6.07) is 13.4. The molecule has 3 nitrogen and oxygen atoms in total. The molecule has 0 heterocycles. The van der Waals surface area contributed by atoms with E-state index in [1.54, 1.807) is 0 Å². The molecular formula is C16H18BrNO2. The van der Waals surface area contributed by atoms with Crippen molar-refractivity contribution in [2.24, 2.45) is 0 Å². The van der Waals surface area contributed by atoms with Crippen LogP contribution in [-0.2, 0) is 0 Å². The summed E-state index contributed by atoms with van der Waals surface area (Å²) in [4.78, 5) is 0. The molecule has 0 saturated heterocycles. The van der Waals surface area contributed by atoms with Crippen molar-refractivity contribution < 1.29 is 9.47 Å². The van der Waals surface area contributed by atoms with Gasteiger partial charge in [0.1, 0.15) is 11.5 Å². The van der Waals surface area contributed by atoms with E-state index in [9.17, 15) is 0 Å². The first-order valence-electron chi connectivity index (χ1n) is 6.52. The summed E-state index contributed by atoms with van der Waals surface area (Å²) in [6.07, 6.45) is 0.824. The van der Waals surface area contributed by atoms with E-state index in [1.807, 2.05) is 42.5 Å². The average Bonchev–Trinajstić information content (AvgIpc) is 2.42. The number of anilines is 1. The van der Waals surface area contributed by atoms with Gasteiger partial charge in [0, 0.05) is 12.1 Å². The lowest BCUT2D eigenvalue weighted by Gasteiger charge is -2.10. The number of hydrogen-bond acceptors (Lipinski definition) is 3. The minimum absolute atomic E-state index is 0.618. The molecule has 4 heteroatoms. The second-order valence-electron chi connectivity index (χ2n) is 4.55. The molecule has 2 rings (SSSR count). The summed E-state index contributed by atoms with van der Waals surface area (Å²) in [5.41, 5.74) is 7.56. The average molecular weight is 336 g/mol. The molecule has 0 radical (unpaired) electrons. The van der Waals surface area contributed by atoms with Crippen LogP contribution in [0.3, 0.4) is 0 Å². The van der Waals surface area contributed by atoms with E-state index in [0.717, 1.165) is 28.1 Å². The summed E-state index contributed by atoms with van der Waals surface area (Å²) in [7, 11) is 0. The van der Waals surface area contributed by atoms with Crippen LogP contribution in [0.5, 0.6) is 11.5 Å². The van der Waals surface area contributed by atoms with Crippen molar-refractivity contribution >= 4 is 21.6 Å². The van der Waals surface area contributed by atoms with Crippen molar-refractivity contribution in [2.45, 2.75) is 13.3 Å². The van der Waals surface area contributed by atoms with Gasteiger partial charge in [-0.15, -0.1) is 0 Å². The van der Waals surface area contributed by atoms with E-state index >= 15 is 0 Å². The van der Waals surface area contributed by atoms with Gasteiger partial charge in [-0.25, -0.2) is 0 Å². The number of hydrogen-bond donors (Lipinski definition) is 1. The third-order valence-corrected chi connectivity index (χ3v) is 3.40. The summed E-state index contributed by atoms with van der Waals surface area (Å²) < 4.78 is 12.3. The lowest BCUT2D eigenvalue weighted by Crippen LogP contribution is -2.05. The maximum Gasteiger partial charge on any atom is 0.133 e. The summed E-state index contributed by atoms with van der Waals surface area (Å²) in [5.74, 6) is 1.69. The lowest BCUT2D eigenvalue weighted by molar-refractivity contribution is 0.246. The van der Waals surface area contributed by atoms with Gasteiger partial charge < -0.3 is 15.2 Å². The van der Waals surface area contributed by atoms with Crippen molar-refractivity contribution in [1.29, 1.82) is 0 Å². The SMILES string of the molecule is Cc1ccc(OCCCOc2ccc(N)cc2)c(Br)c1. The smallest absolute Gasteiger partial charge is 0.133 e. The Morgan fingerprint density at radius 2 is 1.70 bits per heavy atom. The van der Waals surface area contributed by atoms with E-state index in [4.69, 9.17) is 15.2 Å². The molecule has 20 heavy (non-hydrogen) atoms. The van der Waals surface area contributed by atoms with Crippen LogP contribution in [0.15, 0.2) is 46.9 Å². The van der Waals surface area contributed by atoms with Gasteiger partial charge in [-0.3, -0.25) is 0 Å². The number of rotatable bonds is 6. The van der Waals surface area contributed by atoms with Crippen molar-refractivity contribution in [3.63, 3.8) is 0 Å². The third kappa shape index (κ3) is 4.46. The molecular weight excluding hydrogens is 318 g/mol. The molecule has 0 unspecified atom stereocenters. The predicted octanol–water partition coefficient (Wildman–Crippen LogP) is 4.19. The van der Waals surface area contributed by atoms with Crippen molar-refractivity contribution in [3.8, 4) is 11.5 Å². The minimum Gasteiger partial charge on any atom is -0.493 e. The monoisotopic (exact) mass is 335 g/mol. The fourth-order valence-electron chi connectivity index (χ4n) is 1.72. The Hall–Kier alpha value is -1.68. The molecule has 0 spiro atoms. The Morgan fingerprint density at radius 3 is 2.40 bits per heavy atom. The lowest BCUT2D eigenvalue weighted by atomic mass is 10.2. The highest BCUT2D eigenvalue weighted by atomic mass is 79.9. The normalized spacial score (nSPS) is 10.3.